The lowest BCUT2D eigenvalue weighted by molar-refractivity contribution is 0.131. The van der Waals surface area contributed by atoms with Crippen molar-refractivity contribution in [2.24, 2.45) is 0 Å². The number of hydrogen-bond acceptors (Lipinski definition) is 14. The summed E-state index contributed by atoms with van der Waals surface area (Å²) in [5, 5.41) is 8.66. The topological polar surface area (TPSA) is 236 Å². The van der Waals surface area contributed by atoms with E-state index < -0.39 is 36.0 Å². The predicted molar refractivity (Wildman–Crippen MR) is 158 cm³/mol. The van der Waals surface area contributed by atoms with Crippen molar-refractivity contribution in [2.75, 3.05) is 86.9 Å². The Bertz CT molecular complexity index is 1500. The summed E-state index contributed by atoms with van der Waals surface area (Å²) in [6.07, 6.45) is 2.67. The highest BCUT2D eigenvalue weighted by atomic mass is 32.2. The average Bonchev–Trinajstić information content (AvgIpc) is 2.88. The molecule has 1 aliphatic rings. The number of rotatable bonds is 17. The molecule has 0 aliphatic carbocycles. The molecule has 3 rings (SSSR count). The SMILES string of the molecule is CS(=O)(=O)NCCCN1CCN(CCCNc2nc(NCCS(=O)(=O)O)nc(Nc3cccc(S(=O)(=O)O)c3)n2)CC1. The normalized spacial score (nSPS) is 15.4. The van der Waals surface area contributed by atoms with Crippen LogP contribution in [0.3, 0.4) is 0 Å². The van der Waals surface area contributed by atoms with E-state index in [-0.39, 0.29) is 35.0 Å². The second-order valence-electron chi connectivity index (χ2n) is 9.63. The third-order valence-corrected chi connectivity index (χ3v) is 8.38. The van der Waals surface area contributed by atoms with E-state index in [1.807, 2.05) is 0 Å². The first-order valence-electron chi connectivity index (χ1n) is 13.1. The fourth-order valence-corrected chi connectivity index (χ4v) is 5.45. The quantitative estimate of drug-likeness (QED) is 0.0935. The minimum Gasteiger partial charge on any atom is -0.354 e. The summed E-state index contributed by atoms with van der Waals surface area (Å²) in [6.45, 7) is 6.01. The zero-order valence-corrected chi connectivity index (χ0v) is 25.5. The number of piperazine rings is 1. The van der Waals surface area contributed by atoms with Gasteiger partial charge in [-0.2, -0.15) is 31.8 Å². The van der Waals surface area contributed by atoms with E-state index in [2.05, 4.69) is 45.4 Å². The maximum Gasteiger partial charge on any atom is 0.294 e. The molecule has 0 radical (unpaired) electrons. The highest BCUT2D eigenvalue weighted by Gasteiger charge is 2.17. The third-order valence-electron chi connectivity index (χ3n) is 6.08. The van der Waals surface area contributed by atoms with Gasteiger partial charge in [0.05, 0.1) is 16.9 Å². The molecule has 0 spiro atoms. The van der Waals surface area contributed by atoms with Crippen molar-refractivity contribution in [1.29, 1.82) is 0 Å². The molecule has 236 valence electrons. The fourth-order valence-electron chi connectivity index (χ4n) is 4.04. The smallest absolute Gasteiger partial charge is 0.294 e. The van der Waals surface area contributed by atoms with Crippen LogP contribution >= 0.6 is 0 Å². The first-order valence-corrected chi connectivity index (χ1v) is 18.0. The molecule has 20 heteroatoms. The third kappa shape index (κ3) is 13.1. The zero-order valence-electron chi connectivity index (χ0n) is 23.1. The minimum absolute atomic E-state index is 0.0208. The highest BCUT2D eigenvalue weighted by molar-refractivity contribution is 7.88. The van der Waals surface area contributed by atoms with Gasteiger partial charge in [0.25, 0.3) is 20.2 Å². The van der Waals surface area contributed by atoms with Crippen LogP contribution in [-0.2, 0) is 30.3 Å². The van der Waals surface area contributed by atoms with Gasteiger partial charge in [0.1, 0.15) is 0 Å². The molecule has 6 N–H and O–H groups in total. The van der Waals surface area contributed by atoms with E-state index >= 15 is 0 Å². The van der Waals surface area contributed by atoms with Crippen molar-refractivity contribution in [3.8, 4) is 0 Å². The molecule has 0 saturated carbocycles. The lowest BCUT2D eigenvalue weighted by Gasteiger charge is -2.34. The number of benzene rings is 1. The summed E-state index contributed by atoms with van der Waals surface area (Å²) >= 11 is 0. The molecule has 0 bridgehead atoms. The van der Waals surface area contributed by atoms with Gasteiger partial charge in [-0.3, -0.25) is 9.11 Å². The molecule has 2 heterocycles. The molecule has 0 atom stereocenters. The maximum absolute atomic E-state index is 11.5. The monoisotopic (exact) mass is 651 g/mol. The summed E-state index contributed by atoms with van der Waals surface area (Å²) in [7, 11) is -11.8. The molecule has 1 aromatic heterocycles. The van der Waals surface area contributed by atoms with E-state index in [1.54, 1.807) is 6.07 Å². The van der Waals surface area contributed by atoms with Gasteiger partial charge >= 0.3 is 0 Å². The number of aromatic nitrogens is 3. The Morgan fingerprint density at radius 1 is 0.786 bits per heavy atom. The van der Waals surface area contributed by atoms with Crippen LogP contribution in [0.2, 0.25) is 0 Å². The van der Waals surface area contributed by atoms with Crippen LogP contribution in [0.1, 0.15) is 12.8 Å². The number of hydrogen-bond donors (Lipinski definition) is 6. The zero-order chi connectivity index (χ0) is 30.8. The molecular weight excluding hydrogens is 614 g/mol. The van der Waals surface area contributed by atoms with Crippen molar-refractivity contribution in [3.63, 3.8) is 0 Å². The maximum atomic E-state index is 11.5. The molecule has 0 amide bonds. The Hall–Kier alpha value is -2.72. The molecule has 1 fully saturated rings. The van der Waals surface area contributed by atoms with Gasteiger partial charge in [0, 0.05) is 51.5 Å². The number of nitrogens with zero attached hydrogens (tertiary/aromatic N) is 5. The summed E-state index contributed by atoms with van der Waals surface area (Å²) in [6, 6.07) is 5.39. The van der Waals surface area contributed by atoms with Crippen molar-refractivity contribution < 1.29 is 34.4 Å². The van der Waals surface area contributed by atoms with Crippen molar-refractivity contribution in [1.82, 2.24) is 29.5 Å². The van der Waals surface area contributed by atoms with Crippen molar-refractivity contribution >= 4 is 53.8 Å². The minimum atomic E-state index is -4.43. The summed E-state index contributed by atoms with van der Waals surface area (Å²) in [5.74, 6) is -0.337. The molecule has 1 saturated heterocycles. The first-order chi connectivity index (χ1) is 19.7. The van der Waals surface area contributed by atoms with Gasteiger partial charge in [-0.25, -0.2) is 13.1 Å². The second kappa shape index (κ2) is 15.1. The Kier molecular flexibility index (Phi) is 12.2. The Morgan fingerprint density at radius 3 is 1.88 bits per heavy atom. The van der Waals surface area contributed by atoms with Crippen LogP contribution in [0.5, 0.6) is 0 Å². The summed E-state index contributed by atoms with van der Waals surface area (Å²) in [5.41, 5.74) is 0.275. The second-order valence-corrected chi connectivity index (χ2v) is 14.5. The Balaban J connectivity index is 1.52. The first kappa shape index (κ1) is 33.8. The lowest BCUT2D eigenvalue weighted by Crippen LogP contribution is -2.47. The van der Waals surface area contributed by atoms with Crippen molar-refractivity contribution in [3.05, 3.63) is 24.3 Å². The highest BCUT2D eigenvalue weighted by Crippen LogP contribution is 2.19. The number of sulfonamides is 1. The van der Waals surface area contributed by atoms with E-state index in [0.29, 0.717) is 13.1 Å². The molecule has 42 heavy (non-hydrogen) atoms. The largest absolute Gasteiger partial charge is 0.354 e. The molecule has 1 aromatic carbocycles. The van der Waals surface area contributed by atoms with Gasteiger partial charge in [-0.05, 0) is 44.1 Å². The molecule has 1 aliphatic heterocycles. The van der Waals surface area contributed by atoms with Crippen LogP contribution in [0.25, 0.3) is 0 Å². The Morgan fingerprint density at radius 2 is 1.33 bits per heavy atom. The molecular formula is C22H37N9O8S3. The summed E-state index contributed by atoms with van der Waals surface area (Å²) < 4.78 is 88.2. The van der Waals surface area contributed by atoms with Crippen LogP contribution < -0.4 is 20.7 Å². The lowest BCUT2D eigenvalue weighted by atomic mass is 10.2. The standard InChI is InChI=1S/C22H37N9O8S3/c1-40(32,33)25-8-4-11-31-14-12-30(13-15-31)10-3-7-23-20-27-21(24-9-16-41(34,35)36)29-22(28-20)26-18-5-2-6-19(17-18)42(37,38)39/h2,5-6,17,25H,3-4,7-16H2,1H3,(H,34,35,36)(H,37,38,39)(H3,23,24,26,27,28,29). The van der Waals surface area contributed by atoms with Gasteiger partial charge in [0.2, 0.25) is 27.9 Å². The van der Waals surface area contributed by atoms with E-state index in [9.17, 15) is 29.8 Å². The fraction of sp³-hybridized carbons (Fsp3) is 0.591. The Labute approximate surface area is 246 Å². The van der Waals surface area contributed by atoms with Crippen LogP contribution in [0.4, 0.5) is 23.5 Å². The van der Waals surface area contributed by atoms with Gasteiger partial charge in [-0.1, -0.05) is 6.07 Å². The number of nitrogens with one attached hydrogen (secondary N) is 4. The summed E-state index contributed by atoms with van der Waals surface area (Å²) in [4.78, 5) is 17.0. The van der Waals surface area contributed by atoms with Gasteiger partial charge < -0.3 is 25.8 Å². The van der Waals surface area contributed by atoms with Crippen LogP contribution in [0.15, 0.2) is 29.2 Å². The van der Waals surface area contributed by atoms with E-state index in [1.165, 1.54) is 18.2 Å². The van der Waals surface area contributed by atoms with Crippen LogP contribution in [-0.4, -0.2) is 130 Å². The van der Waals surface area contributed by atoms with Crippen molar-refractivity contribution in [2.45, 2.75) is 17.7 Å². The van der Waals surface area contributed by atoms with E-state index in [4.69, 9.17) is 4.55 Å². The average molecular weight is 652 g/mol. The molecule has 0 unspecified atom stereocenters. The van der Waals surface area contributed by atoms with E-state index in [0.717, 1.165) is 58.4 Å². The van der Waals surface area contributed by atoms with Crippen LogP contribution in [0, 0.1) is 0 Å². The van der Waals surface area contributed by atoms with Gasteiger partial charge in [0.15, 0.2) is 0 Å². The molecule has 2 aromatic rings. The molecule has 17 nitrogen and oxygen atoms in total. The predicted octanol–water partition coefficient (Wildman–Crippen LogP) is -0.479. The number of anilines is 4. The van der Waals surface area contributed by atoms with Gasteiger partial charge in [-0.15, -0.1) is 0 Å².